The van der Waals surface area contributed by atoms with Crippen LogP contribution in [0, 0.1) is 0 Å². The van der Waals surface area contributed by atoms with Gasteiger partial charge in [-0.3, -0.25) is 0 Å². The highest BCUT2D eigenvalue weighted by Crippen LogP contribution is 2.04. The summed E-state index contributed by atoms with van der Waals surface area (Å²) in [6.45, 7) is 3.80. The van der Waals surface area contributed by atoms with Crippen LogP contribution in [0.15, 0.2) is 10.2 Å². The van der Waals surface area contributed by atoms with Crippen molar-refractivity contribution in [3.63, 3.8) is 0 Å². The van der Waals surface area contributed by atoms with Crippen molar-refractivity contribution in [2.45, 2.75) is 6.42 Å². The van der Waals surface area contributed by atoms with Gasteiger partial charge < -0.3 is 5.11 Å². The van der Waals surface area contributed by atoms with Crippen LogP contribution in [-0.2, 0) is 0 Å². The standard InChI is InChI=1S/C4H7IO/c1-4(5)2-3-6/h6H,1-3H2. The molecule has 0 aromatic heterocycles. The van der Waals surface area contributed by atoms with Crippen molar-refractivity contribution < 1.29 is 5.11 Å². The second-order valence-electron chi connectivity index (χ2n) is 0.991. The average Bonchev–Trinajstić information content (AvgIpc) is 1.35. The average molecular weight is 198 g/mol. The zero-order chi connectivity index (χ0) is 4.99. The first-order chi connectivity index (χ1) is 2.77. The summed E-state index contributed by atoms with van der Waals surface area (Å²) in [6.07, 6.45) is 0.723. The molecule has 0 unspecified atom stereocenters. The van der Waals surface area contributed by atoms with Gasteiger partial charge in [-0.2, -0.15) is 0 Å². The molecule has 2 heteroatoms. The summed E-state index contributed by atoms with van der Waals surface area (Å²) in [5, 5.41) is 8.17. The third-order valence-corrected chi connectivity index (χ3v) is 0.922. The maximum Gasteiger partial charge on any atom is 0.0475 e. The molecule has 0 aliphatic rings. The lowest BCUT2D eigenvalue weighted by molar-refractivity contribution is 0.302. The van der Waals surface area contributed by atoms with E-state index in [-0.39, 0.29) is 6.61 Å². The van der Waals surface area contributed by atoms with E-state index in [4.69, 9.17) is 5.11 Å². The molecule has 0 radical (unpaired) electrons. The zero-order valence-corrected chi connectivity index (χ0v) is 5.60. The first-order valence-corrected chi connectivity index (χ1v) is 2.79. The molecule has 0 saturated heterocycles. The van der Waals surface area contributed by atoms with E-state index in [9.17, 15) is 0 Å². The van der Waals surface area contributed by atoms with Gasteiger partial charge in [0.2, 0.25) is 0 Å². The fourth-order valence-corrected chi connectivity index (χ4v) is 0.363. The fourth-order valence-electron chi connectivity index (χ4n) is 0.121. The van der Waals surface area contributed by atoms with E-state index in [1.165, 1.54) is 0 Å². The van der Waals surface area contributed by atoms with Crippen LogP contribution in [0.4, 0.5) is 0 Å². The van der Waals surface area contributed by atoms with Gasteiger partial charge in [-0.15, -0.1) is 0 Å². The highest BCUT2D eigenvalue weighted by Gasteiger charge is 1.79. The Balaban J connectivity index is 2.83. The van der Waals surface area contributed by atoms with Gasteiger partial charge in [0.1, 0.15) is 0 Å². The lowest BCUT2D eigenvalue weighted by Crippen LogP contribution is -1.76. The lowest BCUT2D eigenvalue weighted by atomic mass is 10.5. The van der Waals surface area contributed by atoms with E-state index < -0.39 is 0 Å². The number of aliphatic hydroxyl groups excluding tert-OH is 1. The van der Waals surface area contributed by atoms with Crippen LogP contribution in [0.2, 0.25) is 0 Å². The van der Waals surface area contributed by atoms with Crippen LogP contribution in [0.3, 0.4) is 0 Å². The molecule has 0 rings (SSSR count). The molecule has 0 aliphatic heterocycles. The van der Waals surface area contributed by atoms with E-state index in [1.54, 1.807) is 0 Å². The summed E-state index contributed by atoms with van der Waals surface area (Å²) < 4.78 is 1.01. The van der Waals surface area contributed by atoms with Crippen LogP contribution in [0.5, 0.6) is 0 Å². The van der Waals surface area contributed by atoms with Crippen molar-refractivity contribution in [3.05, 3.63) is 10.2 Å². The molecule has 0 fully saturated rings. The van der Waals surface area contributed by atoms with Gasteiger partial charge in [0.25, 0.3) is 0 Å². The molecule has 0 aromatic carbocycles. The third-order valence-electron chi connectivity index (χ3n) is 0.383. The SMILES string of the molecule is C=C(I)CCO. The quantitative estimate of drug-likeness (QED) is 0.663. The van der Waals surface area contributed by atoms with Crippen LogP contribution >= 0.6 is 22.6 Å². The Morgan fingerprint density at radius 2 is 2.33 bits per heavy atom. The largest absolute Gasteiger partial charge is 0.396 e. The number of hydrogen-bond acceptors (Lipinski definition) is 1. The molecule has 0 heterocycles. The van der Waals surface area contributed by atoms with E-state index in [0.29, 0.717) is 0 Å². The van der Waals surface area contributed by atoms with Crippen LogP contribution in [-0.4, -0.2) is 11.7 Å². The molecule has 6 heavy (non-hydrogen) atoms. The molecule has 0 aromatic rings. The van der Waals surface area contributed by atoms with E-state index in [0.717, 1.165) is 10.0 Å². The monoisotopic (exact) mass is 198 g/mol. The predicted molar refractivity (Wildman–Crippen MR) is 34.9 cm³/mol. The molecule has 0 aliphatic carbocycles. The molecule has 1 nitrogen and oxygen atoms in total. The zero-order valence-electron chi connectivity index (χ0n) is 3.45. The van der Waals surface area contributed by atoms with E-state index >= 15 is 0 Å². The van der Waals surface area contributed by atoms with Gasteiger partial charge in [0.15, 0.2) is 0 Å². The smallest absolute Gasteiger partial charge is 0.0475 e. The maximum absolute atomic E-state index is 8.17. The Kier molecular flexibility index (Phi) is 3.87. The molecular formula is C4H7IO. The van der Waals surface area contributed by atoms with Crippen LogP contribution in [0.1, 0.15) is 6.42 Å². The summed E-state index contributed by atoms with van der Waals surface area (Å²) in [5.41, 5.74) is 0. The minimum Gasteiger partial charge on any atom is -0.396 e. The van der Waals surface area contributed by atoms with Gasteiger partial charge in [-0.05, 0) is 26.2 Å². The van der Waals surface area contributed by atoms with Crippen molar-refractivity contribution in [3.8, 4) is 0 Å². The van der Waals surface area contributed by atoms with Crippen LogP contribution in [0.25, 0.3) is 0 Å². The first kappa shape index (κ1) is 6.43. The van der Waals surface area contributed by atoms with Crippen molar-refractivity contribution in [2.75, 3.05) is 6.61 Å². The Morgan fingerprint density at radius 3 is 2.33 bits per heavy atom. The topological polar surface area (TPSA) is 20.2 Å². The summed E-state index contributed by atoms with van der Waals surface area (Å²) >= 11 is 2.09. The molecular weight excluding hydrogens is 191 g/mol. The summed E-state index contributed by atoms with van der Waals surface area (Å²) in [7, 11) is 0. The highest BCUT2D eigenvalue weighted by atomic mass is 127. The van der Waals surface area contributed by atoms with Crippen molar-refractivity contribution in [1.29, 1.82) is 0 Å². The van der Waals surface area contributed by atoms with E-state index in [1.807, 2.05) is 0 Å². The van der Waals surface area contributed by atoms with Crippen molar-refractivity contribution >= 4 is 22.6 Å². The molecule has 0 saturated carbocycles. The third kappa shape index (κ3) is 4.43. The number of halogens is 1. The molecule has 36 valence electrons. The highest BCUT2D eigenvalue weighted by molar-refractivity contribution is 14.1. The summed E-state index contributed by atoms with van der Waals surface area (Å²) in [4.78, 5) is 0. The first-order valence-electron chi connectivity index (χ1n) is 1.71. The molecule has 0 bridgehead atoms. The van der Waals surface area contributed by atoms with E-state index in [2.05, 4.69) is 29.2 Å². The van der Waals surface area contributed by atoms with Crippen molar-refractivity contribution in [1.82, 2.24) is 0 Å². The molecule has 0 spiro atoms. The molecule has 0 atom stereocenters. The van der Waals surface area contributed by atoms with Gasteiger partial charge in [0, 0.05) is 13.0 Å². The number of aliphatic hydroxyl groups is 1. The summed E-state index contributed by atoms with van der Waals surface area (Å²) in [6, 6.07) is 0. The molecule has 1 N–H and O–H groups in total. The predicted octanol–water partition coefficient (Wildman–Crippen LogP) is 1.32. The Morgan fingerprint density at radius 1 is 1.83 bits per heavy atom. The second kappa shape index (κ2) is 3.61. The van der Waals surface area contributed by atoms with Gasteiger partial charge >= 0.3 is 0 Å². The Labute approximate surface area is 51.2 Å². The summed E-state index contributed by atoms with van der Waals surface area (Å²) in [5.74, 6) is 0. The van der Waals surface area contributed by atoms with Gasteiger partial charge in [-0.25, -0.2) is 0 Å². The van der Waals surface area contributed by atoms with Crippen molar-refractivity contribution in [2.24, 2.45) is 0 Å². The lowest BCUT2D eigenvalue weighted by Gasteiger charge is -1.84. The molecule has 0 amide bonds. The minimum absolute atomic E-state index is 0.224. The number of rotatable bonds is 2. The Hall–Kier alpha value is 0.430. The fraction of sp³-hybridized carbons (Fsp3) is 0.500. The Bertz CT molecular complexity index is 51.5. The second-order valence-corrected chi connectivity index (χ2v) is 2.52. The normalized spacial score (nSPS) is 8.33. The van der Waals surface area contributed by atoms with Gasteiger partial charge in [-0.1, -0.05) is 6.58 Å². The number of hydrogen-bond donors (Lipinski definition) is 1. The maximum atomic E-state index is 8.17. The minimum atomic E-state index is 0.224. The van der Waals surface area contributed by atoms with Crippen LogP contribution < -0.4 is 0 Å². The van der Waals surface area contributed by atoms with Gasteiger partial charge in [0.05, 0.1) is 0 Å².